The van der Waals surface area contributed by atoms with Crippen LogP contribution in [0.1, 0.15) is 18.9 Å². The highest BCUT2D eigenvalue weighted by atomic mass is 32.2. The van der Waals surface area contributed by atoms with Gasteiger partial charge in [0.25, 0.3) is 0 Å². The van der Waals surface area contributed by atoms with Crippen LogP contribution in [0, 0.1) is 5.82 Å². The Hall–Kier alpha value is -1.21. The summed E-state index contributed by atoms with van der Waals surface area (Å²) in [5, 5.41) is 9.54. The number of imidazole rings is 1. The van der Waals surface area contributed by atoms with Crippen molar-refractivity contribution in [3.05, 3.63) is 24.0 Å². The summed E-state index contributed by atoms with van der Waals surface area (Å²) in [5.74, 6) is 0.924. The van der Waals surface area contributed by atoms with Crippen molar-refractivity contribution < 1.29 is 14.3 Å². The zero-order chi connectivity index (χ0) is 14.8. The molecular formula is C14H15FN2O2S2. The summed E-state index contributed by atoms with van der Waals surface area (Å²) in [6.07, 6.45) is 2.19. The third kappa shape index (κ3) is 3.18. The van der Waals surface area contributed by atoms with Crippen LogP contribution in [0.2, 0.25) is 0 Å². The van der Waals surface area contributed by atoms with E-state index in [1.807, 2.05) is 11.8 Å². The molecule has 1 aromatic heterocycles. The molecule has 0 radical (unpaired) electrons. The molecule has 1 fully saturated rings. The molecule has 1 aromatic carbocycles. The molecule has 0 spiro atoms. The number of aromatic nitrogens is 2. The quantitative estimate of drug-likeness (QED) is 0.873. The number of hydrogen-bond donors (Lipinski definition) is 1. The van der Waals surface area contributed by atoms with E-state index in [2.05, 4.69) is 9.55 Å². The molecule has 1 saturated heterocycles. The van der Waals surface area contributed by atoms with Crippen molar-refractivity contribution in [1.82, 2.24) is 9.55 Å². The zero-order valence-electron chi connectivity index (χ0n) is 11.3. The molecule has 3 rings (SSSR count). The molecule has 1 atom stereocenters. The van der Waals surface area contributed by atoms with Crippen LogP contribution in [0.4, 0.5) is 4.39 Å². The van der Waals surface area contributed by atoms with Crippen LogP contribution in [0.3, 0.4) is 0 Å². The number of carboxylic acid groups (broad SMARTS) is 1. The van der Waals surface area contributed by atoms with Gasteiger partial charge >= 0.3 is 5.97 Å². The van der Waals surface area contributed by atoms with Crippen LogP contribution in [0.5, 0.6) is 0 Å². The molecule has 1 unspecified atom stereocenters. The monoisotopic (exact) mass is 326 g/mol. The van der Waals surface area contributed by atoms with E-state index in [0.717, 1.165) is 29.9 Å². The molecule has 0 bridgehead atoms. The number of carbonyl (C=O) groups is 1. The lowest BCUT2D eigenvalue weighted by molar-refractivity contribution is -0.133. The van der Waals surface area contributed by atoms with Gasteiger partial charge in [-0.05, 0) is 30.7 Å². The van der Waals surface area contributed by atoms with Crippen molar-refractivity contribution in [3.8, 4) is 0 Å². The lowest BCUT2D eigenvalue weighted by atomic mass is 10.2. The van der Waals surface area contributed by atoms with Gasteiger partial charge in [0.2, 0.25) is 0 Å². The number of thioether (sulfide) groups is 2. The average Bonchev–Trinajstić information content (AvgIpc) is 2.83. The summed E-state index contributed by atoms with van der Waals surface area (Å²) in [7, 11) is 0. The van der Waals surface area contributed by atoms with E-state index in [-0.39, 0.29) is 11.6 Å². The molecule has 1 aliphatic rings. The van der Waals surface area contributed by atoms with Gasteiger partial charge < -0.3 is 9.67 Å². The molecule has 4 nitrogen and oxygen atoms in total. The number of hydrogen-bond acceptors (Lipinski definition) is 4. The minimum absolute atomic E-state index is 0.0360. The number of nitrogens with zero attached hydrogens (tertiary/aromatic N) is 2. The second kappa shape index (κ2) is 6.27. The Morgan fingerprint density at radius 2 is 2.43 bits per heavy atom. The Morgan fingerprint density at radius 1 is 1.57 bits per heavy atom. The average molecular weight is 326 g/mol. The highest BCUT2D eigenvalue weighted by molar-refractivity contribution is 8.00. The number of fused-ring (bicyclic) bond motifs is 1. The van der Waals surface area contributed by atoms with Crippen LogP contribution < -0.4 is 0 Å². The SMILES string of the molecule is O=C(O)CSc1nc2cc(F)ccc2n1C1CCCSC1. The summed E-state index contributed by atoms with van der Waals surface area (Å²) in [6.45, 7) is 0. The summed E-state index contributed by atoms with van der Waals surface area (Å²) >= 11 is 3.10. The first-order chi connectivity index (χ1) is 10.1. The molecule has 7 heteroatoms. The van der Waals surface area contributed by atoms with Crippen molar-refractivity contribution in [2.24, 2.45) is 0 Å². The van der Waals surface area contributed by atoms with Crippen molar-refractivity contribution in [2.75, 3.05) is 17.3 Å². The lowest BCUT2D eigenvalue weighted by Gasteiger charge is -2.24. The predicted octanol–water partition coefficient (Wildman–Crippen LogP) is 3.42. The van der Waals surface area contributed by atoms with Crippen molar-refractivity contribution >= 4 is 40.5 Å². The highest BCUT2D eigenvalue weighted by Gasteiger charge is 2.22. The maximum absolute atomic E-state index is 13.4. The molecule has 1 N–H and O–H groups in total. The Bertz CT molecular complexity index is 668. The van der Waals surface area contributed by atoms with Gasteiger partial charge in [-0.25, -0.2) is 9.37 Å². The smallest absolute Gasteiger partial charge is 0.313 e. The molecule has 2 aromatic rings. The van der Waals surface area contributed by atoms with Crippen LogP contribution >= 0.6 is 23.5 Å². The van der Waals surface area contributed by atoms with E-state index in [4.69, 9.17) is 5.11 Å². The van der Waals surface area contributed by atoms with Gasteiger partial charge in [-0.3, -0.25) is 4.79 Å². The number of rotatable bonds is 4. The van der Waals surface area contributed by atoms with Crippen LogP contribution in [0.15, 0.2) is 23.4 Å². The van der Waals surface area contributed by atoms with E-state index in [9.17, 15) is 9.18 Å². The van der Waals surface area contributed by atoms with E-state index in [1.165, 1.54) is 23.9 Å². The minimum atomic E-state index is -0.872. The van der Waals surface area contributed by atoms with E-state index >= 15 is 0 Å². The third-order valence-electron chi connectivity index (χ3n) is 3.45. The topological polar surface area (TPSA) is 55.1 Å². The van der Waals surface area contributed by atoms with Gasteiger partial charge in [0.1, 0.15) is 5.82 Å². The first kappa shape index (κ1) is 14.7. The molecule has 21 heavy (non-hydrogen) atoms. The van der Waals surface area contributed by atoms with Crippen molar-refractivity contribution in [3.63, 3.8) is 0 Å². The molecule has 2 heterocycles. The largest absolute Gasteiger partial charge is 0.481 e. The highest BCUT2D eigenvalue weighted by Crippen LogP contribution is 2.34. The summed E-state index contributed by atoms with van der Waals surface area (Å²) in [4.78, 5) is 15.2. The fourth-order valence-electron chi connectivity index (χ4n) is 2.56. The van der Waals surface area contributed by atoms with Crippen LogP contribution in [-0.4, -0.2) is 37.9 Å². The van der Waals surface area contributed by atoms with E-state index < -0.39 is 5.97 Å². The van der Waals surface area contributed by atoms with Gasteiger partial charge in [-0.1, -0.05) is 11.8 Å². The van der Waals surface area contributed by atoms with Gasteiger partial charge in [-0.2, -0.15) is 11.8 Å². The molecule has 0 amide bonds. The number of halogens is 1. The Morgan fingerprint density at radius 3 is 3.14 bits per heavy atom. The van der Waals surface area contributed by atoms with Gasteiger partial charge in [0.15, 0.2) is 5.16 Å². The standard InChI is InChI=1S/C14H15FN2O2S2/c15-9-3-4-12-11(6-9)16-14(21-8-13(18)19)17(12)10-2-1-5-20-7-10/h3-4,6,10H,1-2,5,7-8H2,(H,18,19). The van der Waals surface area contributed by atoms with Crippen molar-refractivity contribution in [1.29, 1.82) is 0 Å². The molecule has 0 aliphatic carbocycles. The van der Waals surface area contributed by atoms with Gasteiger partial charge in [-0.15, -0.1) is 0 Å². The second-order valence-electron chi connectivity index (χ2n) is 4.95. The predicted molar refractivity (Wildman–Crippen MR) is 83.6 cm³/mol. The molecule has 112 valence electrons. The lowest BCUT2D eigenvalue weighted by Crippen LogP contribution is -2.17. The Labute approximate surface area is 130 Å². The fourth-order valence-corrected chi connectivity index (χ4v) is 4.49. The van der Waals surface area contributed by atoms with Crippen molar-refractivity contribution in [2.45, 2.75) is 24.0 Å². The molecule has 1 aliphatic heterocycles. The second-order valence-corrected chi connectivity index (χ2v) is 7.04. The maximum Gasteiger partial charge on any atom is 0.313 e. The zero-order valence-corrected chi connectivity index (χ0v) is 12.9. The summed E-state index contributed by atoms with van der Waals surface area (Å²) in [6, 6.07) is 4.88. The third-order valence-corrected chi connectivity index (χ3v) is 5.58. The Balaban J connectivity index is 2.03. The molecular weight excluding hydrogens is 311 g/mol. The minimum Gasteiger partial charge on any atom is -0.481 e. The Kier molecular flexibility index (Phi) is 4.40. The fraction of sp³-hybridized carbons (Fsp3) is 0.429. The first-order valence-electron chi connectivity index (χ1n) is 6.75. The van der Waals surface area contributed by atoms with Gasteiger partial charge in [0, 0.05) is 17.9 Å². The number of benzene rings is 1. The number of aliphatic carboxylic acids is 1. The number of carboxylic acids is 1. The van der Waals surface area contributed by atoms with Gasteiger partial charge in [0.05, 0.1) is 16.8 Å². The first-order valence-corrected chi connectivity index (χ1v) is 8.89. The maximum atomic E-state index is 13.4. The van der Waals surface area contributed by atoms with E-state index in [0.29, 0.717) is 16.7 Å². The van der Waals surface area contributed by atoms with Crippen LogP contribution in [-0.2, 0) is 4.79 Å². The molecule has 0 saturated carbocycles. The summed E-state index contributed by atoms with van der Waals surface area (Å²) in [5.41, 5.74) is 1.48. The normalized spacial score (nSPS) is 19.0. The van der Waals surface area contributed by atoms with Crippen LogP contribution in [0.25, 0.3) is 11.0 Å². The summed E-state index contributed by atoms with van der Waals surface area (Å²) < 4.78 is 15.5. The van der Waals surface area contributed by atoms with E-state index in [1.54, 1.807) is 6.07 Å².